The zero-order chi connectivity index (χ0) is 23.2. The summed E-state index contributed by atoms with van der Waals surface area (Å²) in [7, 11) is 0. The average Bonchev–Trinajstić information content (AvgIpc) is 3.46. The molecule has 170 valence electrons. The van der Waals surface area contributed by atoms with Crippen LogP contribution in [-0.2, 0) is 22.6 Å². The van der Waals surface area contributed by atoms with Crippen LogP contribution in [0, 0.1) is 0 Å². The standard InChI is InChI=1S/C24H25N5O3S/c1-16(19-10-4-7-17-6-2-3-9-20(17)19)26-23(31)15-33-24-28-27-22(12-11-21(25)30)29(24)14-18-8-5-13-32-18/h2-10,13,16H,11-12,14-15H2,1H3,(H2,25,30)(H,26,31). The zero-order valence-electron chi connectivity index (χ0n) is 18.2. The molecule has 4 aromatic rings. The molecule has 3 N–H and O–H groups in total. The van der Waals surface area contributed by atoms with Gasteiger partial charge in [-0.15, -0.1) is 10.2 Å². The van der Waals surface area contributed by atoms with Gasteiger partial charge in [0.15, 0.2) is 5.16 Å². The molecule has 0 aliphatic heterocycles. The van der Waals surface area contributed by atoms with E-state index in [1.54, 1.807) is 12.3 Å². The van der Waals surface area contributed by atoms with Gasteiger partial charge >= 0.3 is 0 Å². The molecule has 0 radical (unpaired) electrons. The second-order valence-electron chi connectivity index (χ2n) is 7.68. The molecule has 0 aliphatic rings. The number of nitrogens with two attached hydrogens (primary N) is 1. The lowest BCUT2D eigenvalue weighted by Gasteiger charge is -2.16. The Morgan fingerprint density at radius 2 is 1.94 bits per heavy atom. The van der Waals surface area contributed by atoms with E-state index >= 15 is 0 Å². The zero-order valence-corrected chi connectivity index (χ0v) is 19.0. The van der Waals surface area contributed by atoms with E-state index in [1.807, 2.05) is 41.8 Å². The smallest absolute Gasteiger partial charge is 0.230 e. The van der Waals surface area contributed by atoms with E-state index in [9.17, 15) is 9.59 Å². The Balaban J connectivity index is 1.43. The minimum atomic E-state index is -0.404. The topological polar surface area (TPSA) is 116 Å². The lowest BCUT2D eigenvalue weighted by atomic mass is 10.00. The summed E-state index contributed by atoms with van der Waals surface area (Å²) in [6, 6.07) is 17.7. The molecular formula is C24H25N5O3S. The van der Waals surface area contributed by atoms with Crippen molar-refractivity contribution in [3.05, 3.63) is 78.0 Å². The lowest BCUT2D eigenvalue weighted by molar-refractivity contribution is -0.119. The van der Waals surface area contributed by atoms with Crippen molar-refractivity contribution in [2.24, 2.45) is 5.73 Å². The maximum Gasteiger partial charge on any atom is 0.230 e. The monoisotopic (exact) mass is 463 g/mol. The van der Waals surface area contributed by atoms with E-state index < -0.39 is 5.91 Å². The Hall–Kier alpha value is -3.59. The van der Waals surface area contributed by atoms with Gasteiger partial charge in [0, 0.05) is 12.8 Å². The van der Waals surface area contributed by atoms with E-state index in [0.29, 0.717) is 23.9 Å². The third-order valence-corrected chi connectivity index (χ3v) is 6.25. The number of carbonyl (C=O) groups excluding carboxylic acids is 2. The number of primary amides is 1. The summed E-state index contributed by atoms with van der Waals surface area (Å²) in [5.74, 6) is 1.02. The summed E-state index contributed by atoms with van der Waals surface area (Å²) >= 11 is 1.29. The molecule has 2 aromatic carbocycles. The highest BCUT2D eigenvalue weighted by Gasteiger charge is 2.18. The maximum atomic E-state index is 12.7. The van der Waals surface area contributed by atoms with Gasteiger partial charge in [0.1, 0.15) is 11.6 Å². The van der Waals surface area contributed by atoms with Crippen molar-refractivity contribution in [1.82, 2.24) is 20.1 Å². The first-order chi connectivity index (χ1) is 16.0. The minimum Gasteiger partial charge on any atom is -0.467 e. The summed E-state index contributed by atoms with van der Waals surface area (Å²) in [5, 5.41) is 14.3. The molecule has 33 heavy (non-hydrogen) atoms. The SMILES string of the molecule is CC(NC(=O)CSc1nnc(CCC(N)=O)n1Cc1ccco1)c1cccc2ccccc12. The predicted octanol–water partition coefficient (Wildman–Crippen LogP) is 3.46. The van der Waals surface area contributed by atoms with Gasteiger partial charge in [0.05, 0.1) is 24.6 Å². The molecule has 2 amide bonds. The number of nitrogens with zero attached hydrogens (tertiary/aromatic N) is 3. The minimum absolute atomic E-state index is 0.105. The fourth-order valence-electron chi connectivity index (χ4n) is 3.68. The van der Waals surface area contributed by atoms with Gasteiger partial charge in [-0.25, -0.2) is 0 Å². The van der Waals surface area contributed by atoms with Crippen molar-refractivity contribution in [3.8, 4) is 0 Å². The second-order valence-corrected chi connectivity index (χ2v) is 8.62. The highest BCUT2D eigenvalue weighted by Crippen LogP contribution is 2.25. The fourth-order valence-corrected chi connectivity index (χ4v) is 4.45. The fraction of sp³-hybridized carbons (Fsp3) is 0.250. The maximum absolute atomic E-state index is 12.7. The molecule has 0 fully saturated rings. The van der Waals surface area contributed by atoms with Crippen LogP contribution in [0.1, 0.15) is 36.5 Å². The number of thioether (sulfide) groups is 1. The first-order valence-corrected chi connectivity index (χ1v) is 11.6. The number of amides is 2. The molecule has 9 heteroatoms. The van der Waals surface area contributed by atoms with Gasteiger partial charge in [-0.2, -0.15) is 0 Å². The van der Waals surface area contributed by atoms with Gasteiger partial charge in [-0.3, -0.25) is 14.2 Å². The number of hydrogen-bond acceptors (Lipinski definition) is 6. The van der Waals surface area contributed by atoms with Gasteiger partial charge in [0.25, 0.3) is 0 Å². The van der Waals surface area contributed by atoms with Crippen molar-refractivity contribution in [2.75, 3.05) is 5.75 Å². The molecular weight excluding hydrogens is 438 g/mol. The number of nitrogens with one attached hydrogen (secondary N) is 1. The molecule has 0 bridgehead atoms. The number of rotatable bonds is 10. The Labute approximate surface area is 195 Å². The molecule has 0 saturated heterocycles. The first-order valence-electron chi connectivity index (χ1n) is 10.6. The van der Waals surface area contributed by atoms with E-state index in [2.05, 4.69) is 33.7 Å². The molecule has 1 atom stereocenters. The summed E-state index contributed by atoms with van der Waals surface area (Å²) in [6.45, 7) is 2.39. The second kappa shape index (κ2) is 10.4. The van der Waals surface area contributed by atoms with Crippen LogP contribution in [0.15, 0.2) is 70.4 Å². The lowest BCUT2D eigenvalue weighted by Crippen LogP contribution is -2.28. The van der Waals surface area contributed by atoms with Crippen molar-refractivity contribution in [2.45, 2.75) is 37.5 Å². The summed E-state index contributed by atoms with van der Waals surface area (Å²) in [5.41, 5.74) is 6.36. The molecule has 0 spiro atoms. The molecule has 4 rings (SSSR count). The van der Waals surface area contributed by atoms with E-state index in [0.717, 1.165) is 22.1 Å². The van der Waals surface area contributed by atoms with Crippen molar-refractivity contribution >= 4 is 34.3 Å². The number of hydrogen-bond donors (Lipinski definition) is 2. The normalized spacial score (nSPS) is 12.0. The first kappa shape index (κ1) is 22.6. The van der Waals surface area contributed by atoms with Gasteiger partial charge in [-0.05, 0) is 35.4 Å². The van der Waals surface area contributed by atoms with Gasteiger partial charge < -0.3 is 15.5 Å². The third kappa shape index (κ3) is 5.61. The molecule has 0 aliphatic carbocycles. The number of aryl methyl sites for hydroxylation is 1. The van der Waals surface area contributed by atoms with Crippen molar-refractivity contribution in [1.29, 1.82) is 0 Å². The van der Waals surface area contributed by atoms with Crippen LogP contribution in [-0.4, -0.2) is 32.3 Å². The van der Waals surface area contributed by atoms with Crippen molar-refractivity contribution < 1.29 is 14.0 Å². The van der Waals surface area contributed by atoms with Crippen LogP contribution in [0.3, 0.4) is 0 Å². The number of benzene rings is 2. The molecule has 8 nitrogen and oxygen atoms in total. The Morgan fingerprint density at radius 3 is 2.73 bits per heavy atom. The van der Waals surface area contributed by atoms with E-state index in [-0.39, 0.29) is 24.1 Å². The van der Waals surface area contributed by atoms with Crippen molar-refractivity contribution in [3.63, 3.8) is 0 Å². The Kier molecular flexibility index (Phi) is 7.09. The van der Waals surface area contributed by atoms with Crippen LogP contribution < -0.4 is 11.1 Å². The highest BCUT2D eigenvalue weighted by molar-refractivity contribution is 7.99. The molecule has 1 unspecified atom stereocenters. The highest BCUT2D eigenvalue weighted by atomic mass is 32.2. The Morgan fingerprint density at radius 1 is 1.12 bits per heavy atom. The Bertz CT molecular complexity index is 1250. The third-order valence-electron chi connectivity index (χ3n) is 5.28. The van der Waals surface area contributed by atoms with Crippen LogP contribution >= 0.6 is 11.8 Å². The number of aromatic nitrogens is 3. The largest absolute Gasteiger partial charge is 0.467 e. The van der Waals surface area contributed by atoms with Gasteiger partial charge in [0.2, 0.25) is 11.8 Å². The van der Waals surface area contributed by atoms with Crippen LogP contribution in [0.25, 0.3) is 10.8 Å². The van der Waals surface area contributed by atoms with Crippen LogP contribution in [0.5, 0.6) is 0 Å². The van der Waals surface area contributed by atoms with Crippen LogP contribution in [0.2, 0.25) is 0 Å². The van der Waals surface area contributed by atoms with Crippen LogP contribution in [0.4, 0.5) is 0 Å². The number of fused-ring (bicyclic) bond motifs is 1. The summed E-state index contributed by atoms with van der Waals surface area (Å²) in [4.78, 5) is 23.9. The van der Waals surface area contributed by atoms with E-state index in [4.69, 9.17) is 10.2 Å². The summed E-state index contributed by atoms with van der Waals surface area (Å²) < 4.78 is 7.30. The molecule has 2 heterocycles. The quantitative estimate of drug-likeness (QED) is 0.348. The van der Waals surface area contributed by atoms with Gasteiger partial charge in [-0.1, -0.05) is 54.2 Å². The summed E-state index contributed by atoms with van der Waals surface area (Å²) in [6.07, 6.45) is 2.13. The number of carbonyl (C=O) groups is 2. The predicted molar refractivity (Wildman–Crippen MR) is 127 cm³/mol. The van der Waals surface area contributed by atoms with E-state index in [1.165, 1.54) is 11.8 Å². The molecule has 2 aromatic heterocycles. The average molecular weight is 464 g/mol. The molecule has 0 saturated carbocycles. The number of furan rings is 1.